The van der Waals surface area contributed by atoms with Crippen molar-refractivity contribution in [1.29, 1.82) is 0 Å². The summed E-state index contributed by atoms with van der Waals surface area (Å²) in [6.07, 6.45) is 13.1. The Bertz CT molecular complexity index is 1300. The maximum atomic E-state index is 12.7. The van der Waals surface area contributed by atoms with Crippen molar-refractivity contribution in [3.63, 3.8) is 0 Å². The van der Waals surface area contributed by atoms with E-state index in [0.717, 1.165) is 65.9 Å². The number of Topliss-reactive ketones (excluding diaryl/α,β-unsaturated/α-hetero) is 1. The second kappa shape index (κ2) is 16.8. The molecule has 1 saturated carbocycles. The molecule has 2 N–H and O–H groups in total. The first kappa shape index (κ1) is 33.0. The number of allylic oxidation sites excluding steroid dienone is 1. The van der Waals surface area contributed by atoms with Crippen molar-refractivity contribution < 1.29 is 9.53 Å². The fourth-order valence-corrected chi connectivity index (χ4v) is 5.42. The zero-order chi connectivity index (χ0) is 30.5. The first-order valence-corrected chi connectivity index (χ1v) is 15.6. The van der Waals surface area contributed by atoms with Gasteiger partial charge in [0.15, 0.2) is 5.78 Å². The molecule has 4 rings (SSSR count). The van der Waals surface area contributed by atoms with E-state index in [9.17, 15) is 4.79 Å². The number of nitrogens with one attached hydrogen (secondary N) is 2. The summed E-state index contributed by atoms with van der Waals surface area (Å²) >= 11 is 0. The van der Waals surface area contributed by atoms with Gasteiger partial charge in [0, 0.05) is 37.7 Å². The van der Waals surface area contributed by atoms with Crippen molar-refractivity contribution in [3.05, 3.63) is 70.9 Å². The topological polar surface area (TPSA) is 76.1 Å². The van der Waals surface area contributed by atoms with Gasteiger partial charge in [0.2, 0.25) is 0 Å². The van der Waals surface area contributed by atoms with Crippen LogP contribution in [0.15, 0.2) is 48.7 Å². The van der Waals surface area contributed by atoms with E-state index in [2.05, 4.69) is 66.7 Å². The summed E-state index contributed by atoms with van der Waals surface area (Å²) in [6, 6.07) is 12.7. The highest BCUT2D eigenvalue weighted by atomic mass is 16.5. The van der Waals surface area contributed by atoms with Gasteiger partial charge in [0.05, 0.1) is 11.3 Å². The van der Waals surface area contributed by atoms with E-state index in [4.69, 9.17) is 9.72 Å². The van der Waals surface area contributed by atoms with Crippen molar-refractivity contribution in [2.75, 3.05) is 30.9 Å². The number of ketones is 1. The molecule has 0 saturated heterocycles. The van der Waals surface area contributed by atoms with Crippen LogP contribution < -0.4 is 10.6 Å². The Morgan fingerprint density at radius 3 is 2.24 bits per heavy atom. The lowest BCUT2D eigenvalue weighted by atomic mass is 9.79. The molecule has 0 aliphatic heterocycles. The van der Waals surface area contributed by atoms with Crippen LogP contribution in [-0.2, 0) is 4.74 Å². The van der Waals surface area contributed by atoms with Crippen molar-refractivity contribution in [1.82, 2.24) is 9.97 Å². The Balaban J connectivity index is 0.000000616. The summed E-state index contributed by atoms with van der Waals surface area (Å²) in [7, 11) is 1.86. The number of ether oxygens (including phenoxy) is 1. The summed E-state index contributed by atoms with van der Waals surface area (Å²) in [6.45, 7) is 14.0. The summed E-state index contributed by atoms with van der Waals surface area (Å²) in [5.41, 5.74) is 6.49. The molecule has 6 nitrogen and oxygen atoms in total. The van der Waals surface area contributed by atoms with Gasteiger partial charge >= 0.3 is 0 Å². The number of aromatic nitrogens is 2. The number of nitrogens with zero attached hydrogens (tertiary/aromatic N) is 2. The Morgan fingerprint density at radius 2 is 1.69 bits per heavy atom. The predicted octanol–water partition coefficient (Wildman–Crippen LogP) is 9.59. The zero-order valence-corrected chi connectivity index (χ0v) is 26.7. The largest absolute Gasteiger partial charge is 0.381 e. The lowest BCUT2D eigenvalue weighted by Gasteiger charge is -2.26. The van der Waals surface area contributed by atoms with Crippen molar-refractivity contribution >= 4 is 29.2 Å². The van der Waals surface area contributed by atoms with Crippen LogP contribution >= 0.6 is 0 Å². The van der Waals surface area contributed by atoms with Gasteiger partial charge < -0.3 is 15.4 Å². The van der Waals surface area contributed by atoms with Crippen LogP contribution in [0.1, 0.15) is 106 Å². The molecule has 3 aromatic rings. The van der Waals surface area contributed by atoms with Gasteiger partial charge in [-0.2, -0.15) is 0 Å². The maximum absolute atomic E-state index is 12.7. The highest BCUT2D eigenvalue weighted by Gasteiger charge is 2.20. The number of pyridine rings is 2. The number of hydrogen-bond donors (Lipinski definition) is 2. The molecule has 0 bridgehead atoms. The first-order valence-electron chi connectivity index (χ1n) is 15.6. The van der Waals surface area contributed by atoms with Crippen LogP contribution in [0.4, 0.5) is 17.3 Å². The minimum absolute atomic E-state index is 0.0209. The van der Waals surface area contributed by atoms with Crippen molar-refractivity contribution in [3.8, 4) is 11.3 Å². The number of carbonyl (C=O) groups excluding carboxylic acids is 1. The van der Waals surface area contributed by atoms with Gasteiger partial charge in [-0.25, -0.2) is 9.97 Å². The Kier molecular flexibility index (Phi) is 13.2. The van der Waals surface area contributed by atoms with Gasteiger partial charge in [0.25, 0.3) is 0 Å². The van der Waals surface area contributed by atoms with Gasteiger partial charge in [-0.05, 0) is 99.2 Å². The number of benzene rings is 1. The molecule has 2 aromatic heterocycles. The standard InChI is InChI=1S/C30H36N4O.C6H14O/c1-6-7-24-17-27(25-16-20(3)29(31-5)32-18-25)34-30(28(24)21(4)35)33-26-14-12-23(13-15-26)22-10-8-19(2)9-11-22;1-3-5-7-6-4-2/h6-7,12-19,22H,8-11H2,1-5H3,(H,31,32)(H,33,34);3-6H2,1-2H3/b7-6-;. The smallest absolute Gasteiger partial charge is 0.164 e. The maximum Gasteiger partial charge on any atom is 0.164 e. The summed E-state index contributed by atoms with van der Waals surface area (Å²) < 4.78 is 5.13. The molecule has 6 heteroatoms. The number of rotatable bonds is 11. The zero-order valence-electron chi connectivity index (χ0n) is 26.7. The molecule has 1 aromatic carbocycles. The predicted molar refractivity (Wildman–Crippen MR) is 178 cm³/mol. The van der Waals surface area contributed by atoms with Crippen LogP contribution in [0.25, 0.3) is 17.3 Å². The second-order valence-electron chi connectivity index (χ2n) is 11.3. The summed E-state index contributed by atoms with van der Waals surface area (Å²) in [5, 5.41) is 6.54. The molecular weight excluding hydrogens is 520 g/mol. The summed E-state index contributed by atoms with van der Waals surface area (Å²) in [5.74, 6) is 2.88. The number of carbonyl (C=O) groups is 1. The molecule has 0 spiro atoms. The number of hydrogen-bond acceptors (Lipinski definition) is 6. The average molecular weight is 571 g/mol. The van der Waals surface area contributed by atoms with Gasteiger partial charge in [-0.1, -0.05) is 57.9 Å². The molecule has 0 radical (unpaired) electrons. The molecule has 0 unspecified atom stereocenters. The van der Waals surface area contributed by atoms with E-state index in [1.165, 1.54) is 31.2 Å². The highest BCUT2D eigenvalue weighted by molar-refractivity contribution is 6.03. The average Bonchev–Trinajstić information content (AvgIpc) is 2.98. The van der Waals surface area contributed by atoms with Gasteiger partial charge in [0.1, 0.15) is 11.6 Å². The molecule has 226 valence electrons. The van der Waals surface area contributed by atoms with E-state index in [1.54, 1.807) is 6.92 Å². The number of anilines is 3. The molecular formula is C36H50N4O2. The van der Waals surface area contributed by atoms with Crippen LogP contribution in [0.3, 0.4) is 0 Å². The monoisotopic (exact) mass is 570 g/mol. The quantitative estimate of drug-likeness (QED) is 0.177. The third-order valence-corrected chi connectivity index (χ3v) is 7.72. The third-order valence-electron chi connectivity index (χ3n) is 7.72. The summed E-state index contributed by atoms with van der Waals surface area (Å²) in [4.78, 5) is 22.1. The Hall–Kier alpha value is -3.51. The molecule has 42 heavy (non-hydrogen) atoms. The van der Waals surface area contributed by atoms with Crippen LogP contribution in [0, 0.1) is 12.8 Å². The third kappa shape index (κ3) is 9.25. The molecule has 1 aliphatic rings. The molecule has 2 heterocycles. The van der Waals surface area contributed by atoms with Gasteiger partial charge in [-0.15, -0.1) is 0 Å². The van der Waals surface area contributed by atoms with E-state index in [1.807, 2.05) is 45.3 Å². The normalized spacial score (nSPS) is 16.5. The minimum Gasteiger partial charge on any atom is -0.381 e. The van der Waals surface area contributed by atoms with Gasteiger partial charge in [-0.3, -0.25) is 4.79 Å². The lowest BCUT2D eigenvalue weighted by molar-refractivity contribution is 0.101. The Morgan fingerprint density at radius 1 is 1.02 bits per heavy atom. The lowest BCUT2D eigenvalue weighted by Crippen LogP contribution is -2.11. The van der Waals surface area contributed by atoms with Crippen LogP contribution in [0.5, 0.6) is 0 Å². The van der Waals surface area contributed by atoms with Crippen LogP contribution in [-0.4, -0.2) is 36.0 Å². The number of aryl methyl sites for hydroxylation is 1. The van der Waals surface area contributed by atoms with Crippen LogP contribution in [0.2, 0.25) is 0 Å². The van der Waals surface area contributed by atoms with E-state index in [0.29, 0.717) is 17.3 Å². The first-order chi connectivity index (χ1) is 20.3. The Labute approximate surface area is 253 Å². The fraction of sp³-hybridized carbons (Fsp3) is 0.472. The van der Waals surface area contributed by atoms with E-state index >= 15 is 0 Å². The van der Waals surface area contributed by atoms with Crippen molar-refractivity contribution in [2.45, 2.75) is 86.0 Å². The highest BCUT2D eigenvalue weighted by Crippen LogP contribution is 2.36. The minimum atomic E-state index is -0.0209. The fourth-order valence-electron chi connectivity index (χ4n) is 5.42. The van der Waals surface area contributed by atoms with Crippen molar-refractivity contribution in [2.24, 2.45) is 5.92 Å². The van der Waals surface area contributed by atoms with E-state index in [-0.39, 0.29) is 5.78 Å². The van der Waals surface area contributed by atoms with E-state index < -0.39 is 0 Å². The SMILES string of the molecule is C/C=C\c1cc(-c2cnc(NC)c(C)c2)nc(Nc2ccc(C3CCC(C)CC3)cc2)c1C(C)=O.CCCOCCC. The molecule has 0 atom stereocenters. The molecule has 0 amide bonds. The molecule has 1 fully saturated rings. The second-order valence-corrected chi connectivity index (χ2v) is 11.3. The molecule has 1 aliphatic carbocycles.